The van der Waals surface area contributed by atoms with Gasteiger partial charge in [-0.1, -0.05) is 0 Å². The van der Waals surface area contributed by atoms with Gasteiger partial charge in [-0.3, -0.25) is 9.52 Å². The molecule has 0 unspecified atom stereocenters. The number of hydrogen-bond donors (Lipinski definition) is 2. The first-order valence-corrected chi connectivity index (χ1v) is 11.2. The van der Waals surface area contributed by atoms with Gasteiger partial charge in [0.1, 0.15) is 22.8 Å². The minimum absolute atomic E-state index is 0.0696. The van der Waals surface area contributed by atoms with E-state index in [4.69, 9.17) is 4.74 Å². The number of H-pyrrole nitrogens is 1. The Hall–Kier alpha value is -3.59. The number of aryl methyl sites for hydroxylation is 1. The molecule has 0 radical (unpaired) electrons. The van der Waals surface area contributed by atoms with E-state index < -0.39 is 10.0 Å². The Balaban J connectivity index is 1.90. The summed E-state index contributed by atoms with van der Waals surface area (Å²) in [6, 6.07) is 12.2. The summed E-state index contributed by atoms with van der Waals surface area (Å²) in [5, 5.41) is 0.686. The van der Waals surface area contributed by atoms with Gasteiger partial charge >= 0.3 is 0 Å². The number of nitrogens with one attached hydrogen (secondary N) is 2. The van der Waals surface area contributed by atoms with Crippen LogP contribution < -0.4 is 15.0 Å². The minimum Gasteiger partial charge on any atom is -0.457 e. The van der Waals surface area contributed by atoms with E-state index in [1.54, 1.807) is 55.2 Å². The number of ether oxygens (including phenoxy) is 1. The summed E-state index contributed by atoms with van der Waals surface area (Å²) < 4.78 is 47.6. The molecule has 2 aromatic carbocycles. The molecule has 0 amide bonds. The van der Waals surface area contributed by atoms with E-state index >= 15 is 0 Å². The SMILES string of the molecule is CCS(=O)(=O)Nc1ccc(Oc2ccc(F)cc2)c(-c2cn(C)c3c(=O)[nH]ccc23)c1. The number of halogens is 1. The van der Waals surface area contributed by atoms with E-state index in [1.807, 2.05) is 0 Å². The number of aromatic nitrogens is 2. The first-order valence-electron chi connectivity index (χ1n) is 9.52. The van der Waals surface area contributed by atoms with Crippen molar-refractivity contribution in [2.75, 3.05) is 10.5 Å². The highest BCUT2D eigenvalue weighted by molar-refractivity contribution is 7.92. The van der Waals surface area contributed by atoms with E-state index in [0.717, 1.165) is 0 Å². The molecule has 0 fully saturated rings. The van der Waals surface area contributed by atoms with Gasteiger partial charge in [0.15, 0.2) is 0 Å². The lowest BCUT2D eigenvalue weighted by Crippen LogP contribution is -2.14. The molecular formula is C22H20FN3O4S. The van der Waals surface area contributed by atoms with Crippen LogP contribution in [0.3, 0.4) is 0 Å². The van der Waals surface area contributed by atoms with Crippen molar-refractivity contribution in [1.29, 1.82) is 0 Å². The minimum atomic E-state index is -3.48. The fourth-order valence-electron chi connectivity index (χ4n) is 3.35. The summed E-state index contributed by atoms with van der Waals surface area (Å²) in [6.07, 6.45) is 3.34. The molecular weight excluding hydrogens is 421 g/mol. The van der Waals surface area contributed by atoms with Crippen molar-refractivity contribution in [2.24, 2.45) is 7.05 Å². The molecule has 2 N–H and O–H groups in total. The summed E-state index contributed by atoms with van der Waals surface area (Å²) in [6.45, 7) is 1.55. The highest BCUT2D eigenvalue weighted by Gasteiger charge is 2.17. The molecule has 0 atom stereocenters. The molecule has 4 aromatic rings. The highest BCUT2D eigenvalue weighted by atomic mass is 32.2. The molecule has 31 heavy (non-hydrogen) atoms. The standard InChI is InChI=1S/C22H20FN3O4S/c1-3-31(28,29)25-15-6-9-20(30-16-7-4-14(23)5-8-16)18(12-15)19-13-26(2)21-17(19)10-11-24-22(21)27/h4-13,25H,3H2,1-2H3,(H,24,27). The number of nitrogens with zero attached hydrogens (tertiary/aromatic N) is 1. The Morgan fingerprint density at radius 1 is 1.10 bits per heavy atom. The second-order valence-corrected chi connectivity index (χ2v) is 9.01. The highest BCUT2D eigenvalue weighted by Crippen LogP contribution is 2.39. The van der Waals surface area contributed by atoms with Crippen LogP contribution in [-0.2, 0) is 17.1 Å². The second-order valence-electron chi connectivity index (χ2n) is 7.00. The third-order valence-electron chi connectivity index (χ3n) is 4.86. The number of sulfonamides is 1. The van der Waals surface area contributed by atoms with Crippen molar-refractivity contribution in [3.8, 4) is 22.6 Å². The average Bonchev–Trinajstić information content (AvgIpc) is 3.08. The van der Waals surface area contributed by atoms with Crippen LogP contribution in [0.2, 0.25) is 0 Å². The van der Waals surface area contributed by atoms with Crippen LogP contribution >= 0.6 is 0 Å². The van der Waals surface area contributed by atoms with Crippen LogP contribution in [0.25, 0.3) is 22.0 Å². The van der Waals surface area contributed by atoms with Crippen LogP contribution in [-0.4, -0.2) is 23.7 Å². The number of benzene rings is 2. The van der Waals surface area contributed by atoms with Crippen LogP contribution in [0.4, 0.5) is 10.1 Å². The normalized spacial score (nSPS) is 11.6. The summed E-state index contributed by atoms with van der Waals surface area (Å²) in [7, 11) is -1.73. The van der Waals surface area contributed by atoms with Crippen LogP contribution in [0, 0.1) is 5.82 Å². The summed E-state index contributed by atoms with van der Waals surface area (Å²) in [5.74, 6) is 0.395. The molecule has 0 aliphatic rings. The third-order valence-corrected chi connectivity index (χ3v) is 6.17. The number of hydrogen-bond acceptors (Lipinski definition) is 4. The van der Waals surface area contributed by atoms with Gasteiger partial charge in [-0.2, -0.15) is 0 Å². The van der Waals surface area contributed by atoms with Gasteiger partial charge in [0.05, 0.1) is 5.75 Å². The van der Waals surface area contributed by atoms with Gasteiger partial charge < -0.3 is 14.3 Å². The van der Waals surface area contributed by atoms with Crippen LogP contribution in [0.15, 0.2) is 65.7 Å². The number of aromatic amines is 1. The Morgan fingerprint density at radius 3 is 2.55 bits per heavy atom. The predicted octanol–water partition coefficient (Wildman–Crippen LogP) is 4.23. The van der Waals surface area contributed by atoms with Crippen molar-refractivity contribution >= 4 is 26.6 Å². The average molecular weight is 441 g/mol. The van der Waals surface area contributed by atoms with E-state index in [0.29, 0.717) is 39.2 Å². The first kappa shape index (κ1) is 20.7. The summed E-state index contributed by atoms with van der Waals surface area (Å²) in [5.41, 5.74) is 1.88. The first-order chi connectivity index (χ1) is 14.8. The molecule has 9 heteroatoms. The smallest absolute Gasteiger partial charge is 0.272 e. The lowest BCUT2D eigenvalue weighted by Gasteiger charge is -2.14. The predicted molar refractivity (Wildman–Crippen MR) is 119 cm³/mol. The van der Waals surface area contributed by atoms with Crippen molar-refractivity contribution in [3.63, 3.8) is 0 Å². The van der Waals surface area contributed by atoms with Gasteiger partial charge in [-0.25, -0.2) is 12.8 Å². The Kier molecular flexibility index (Phi) is 5.28. The van der Waals surface area contributed by atoms with E-state index in [2.05, 4.69) is 9.71 Å². The van der Waals surface area contributed by atoms with E-state index in [-0.39, 0.29) is 17.1 Å². The quantitative estimate of drug-likeness (QED) is 0.468. The van der Waals surface area contributed by atoms with Crippen molar-refractivity contribution in [3.05, 3.63) is 77.1 Å². The largest absolute Gasteiger partial charge is 0.457 e. The number of anilines is 1. The molecule has 0 saturated carbocycles. The lowest BCUT2D eigenvalue weighted by molar-refractivity contribution is 0.482. The Bertz CT molecular complexity index is 1420. The van der Waals surface area contributed by atoms with Gasteiger partial charge in [0.25, 0.3) is 5.56 Å². The fourth-order valence-corrected chi connectivity index (χ4v) is 3.98. The van der Waals surface area contributed by atoms with Gasteiger partial charge in [-0.05, 0) is 55.5 Å². The van der Waals surface area contributed by atoms with Crippen LogP contribution in [0.5, 0.6) is 11.5 Å². The van der Waals surface area contributed by atoms with Crippen molar-refractivity contribution in [1.82, 2.24) is 9.55 Å². The third kappa shape index (κ3) is 4.17. The fraction of sp³-hybridized carbons (Fsp3) is 0.136. The second kappa shape index (κ2) is 7.92. The molecule has 0 spiro atoms. The maximum absolute atomic E-state index is 13.3. The summed E-state index contributed by atoms with van der Waals surface area (Å²) in [4.78, 5) is 15.0. The topological polar surface area (TPSA) is 93.2 Å². The van der Waals surface area contributed by atoms with Gasteiger partial charge in [0.2, 0.25) is 10.0 Å². The Morgan fingerprint density at radius 2 is 1.84 bits per heavy atom. The summed E-state index contributed by atoms with van der Waals surface area (Å²) >= 11 is 0. The maximum Gasteiger partial charge on any atom is 0.272 e. The molecule has 0 aliphatic heterocycles. The zero-order valence-electron chi connectivity index (χ0n) is 16.8. The molecule has 0 saturated heterocycles. The number of fused-ring (bicyclic) bond motifs is 1. The zero-order valence-corrected chi connectivity index (χ0v) is 17.7. The number of pyridine rings is 1. The monoisotopic (exact) mass is 441 g/mol. The number of rotatable bonds is 6. The maximum atomic E-state index is 13.3. The molecule has 0 aliphatic carbocycles. The van der Waals surface area contributed by atoms with Gasteiger partial charge in [-0.15, -0.1) is 0 Å². The van der Waals surface area contributed by atoms with Crippen molar-refractivity contribution < 1.29 is 17.5 Å². The zero-order chi connectivity index (χ0) is 22.2. The molecule has 0 bridgehead atoms. The van der Waals surface area contributed by atoms with Crippen molar-refractivity contribution in [2.45, 2.75) is 6.92 Å². The van der Waals surface area contributed by atoms with Crippen LogP contribution in [0.1, 0.15) is 6.92 Å². The van der Waals surface area contributed by atoms with E-state index in [9.17, 15) is 17.6 Å². The molecule has 7 nitrogen and oxygen atoms in total. The lowest BCUT2D eigenvalue weighted by atomic mass is 10.0. The Labute approximate surface area is 178 Å². The molecule has 160 valence electrons. The molecule has 2 aromatic heterocycles. The molecule has 2 heterocycles. The van der Waals surface area contributed by atoms with Gasteiger partial charge in [0, 0.05) is 41.6 Å². The molecule has 4 rings (SSSR count). The van der Waals surface area contributed by atoms with E-state index in [1.165, 1.54) is 24.3 Å².